The second-order valence-electron chi connectivity index (χ2n) is 6.99. The summed E-state index contributed by atoms with van der Waals surface area (Å²) in [5, 5.41) is 12.4. The second-order valence-corrected chi connectivity index (χ2v) is 8.14. The van der Waals surface area contributed by atoms with E-state index < -0.39 is 0 Å². The minimum Gasteiger partial charge on any atom is -0.396 e. The first-order chi connectivity index (χ1) is 11.7. The Balaban J connectivity index is 1.48. The first-order valence-electron chi connectivity index (χ1n) is 9.05. The van der Waals surface area contributed by atoms with Gasteiger partial charge in [-0.2, -0.15) is 11.8 Å². The van der Waals surface area contributed by atoms with Gasteiger partial charge in [0.2, 0.25) is 0 Å². The lowest BCUT2D eigenvalue weighted by Crippen LogP contribution is -2.38. The largest absolute Gasteiger partial charge is 0.396 e. The Morgan fingerprint density at radius 2 is 1.96 bits per heavy atom. The molecule has 132 valence electrons. The Bertz CT molecular complexity index is 521. The highest BCUT2D eigenvalue weighted by Crippen LogP contribution is 2.19. The van der Waals surface area contributed by atoms with Gasteiger partial charge in [-0.05, 0) is 68.1 Å². The molecule has 1 amide bonds. The molecule has 0 bridgehead atoms. The molecular formula is C19H28N2O2S. The third-order valence-electron chi connectivity index (χ3n) is 5.08. The van der Waals surface area contributed by atoms with E-state index >= 15 is 0 Å². The predicted octanol–water partition coefficient (Wildman–Crippen LogP) is 2.52. The van der Waals surface area contributed by atoms with Crippen LogP contribution in [0.2, 0.25) is 0 Å². The molecule has 2 N–H and O–H groups in total. The van der Waals surface area contributed by atoms with E-state index in [1.165, 1.54) is 17.7 Å². The predicted molar refractivity (Wildman–Crippen MR) is 99.3 cm³/mol. The lowest BCUT2D eigenvalue weighted by Gasteiger charge is -2.31. The van der Waals surface area contributed by atoms with Gasteiger partial charge in [-0.3, -0.25) is 9.69 Å². The normalized spacial score (nSPS) is 23.1. The molecule has 2 aliphatic heterocycles. The van der Waals surface area contributed by atoms with Crippen molar-refractivity contribution in [2.24, 2.45) is 5.92 Å². The zero-order chi connectivity index (χ0) is 16.8. The highest BCUT2D eigenvalue weighted by molar-refractivity contribution is 7.99. The number of hydrogen-bond donors (Lipinski definition) is 2. The van der Waals surface area contributed by atoms with E-state index in [0.29, 0.717) is 18.6 Å². The van der Waals surface area contributed by atoms with Crippen molar-refractivity contribution in [2.45, 2.75) is 38.3 Å². The van der Waals surface area contributed by atoms with Gasteiger partial charge in [-0.15, -0.1) is 0 Å². The van der Waals surface area contributed by atoms with Gasteiger partial charge in [0, 0.05) is 30.5 Å². The molecule has 3 rings (SSSR count). The highest BCUT2D eigenvalue weighted by Gasteiger charge is 2.19. The van der Waals surface area contributed by atoms with E-state index in [2.05, 4.69) is 22.3 Å². The van der Waals surface area contributed by atoms with Crippen LogP contribution in [0.4, 0.5) is 0 Å². The number of carbonyl (C=O) groups excluding carboxylic acids is 1. The Labute approximate surface area is 149 Å². The summed E-state index contributed by atoms with van der Waals surface area (Å²) >= 11 is 1.93. The molecule has 24 heavy (non-hydrogen) atoms. The zero-order valence-corrected chi connectivity index (χ0v) is 15.1. The first-order valence-corrected chi connectivity index (χ1v) is 10.2. The maximum atomic E-state index is 12.3. The maximum Gasteiger partial charge on any atom is 0.251 e. The molecule has 1 aromatic carbocycles. The molecule has 4 nitrogen and oxygen atoms in total. The van der Waals surface area contributed by atoms with Gasteiger partial charge >= 0.3 is 0 Å². The van der Waals surface area contributed by atoms with Crippen LogP contribution in [0.3, 0.4) is 0 Å². The van der Waals surface area contributed by atoms with Crippen LogP contribution < -0.4 is 5.32 Å². The Kier molecular flexibility index (Phi) is 6.58. The van der Waals surface area contributed by atoms with Crippen molar-refractivity contribution in [3.05, 3.63) is 35.4 Å². The molecular weight excluding hydrogens is 320 g/mol. The molecule has 0 spiro atoms. The molecule has 1 aromatic rings. The lowest BCUT2D eigenvalue weighted by molar-refractivity contribution is 0.0938. The van der Waals surface area contributed by atoms with Crippen LogP contribution in [0.15, 0.2) is 24.3 Å². The first kappa shape index (κ1) is 17.8. The van der Waals surface area contributed by atoms with Crippen molar-refractivity contribution in [3.63, 3.8) is 0 Å². The SMILES string of the molecule is O=C(N[C@H]1CCCSC1)c1ccc(CN2CCC(CO)CC2)cc1. The molecule has 0 unspecified atom stereocenters. The van der Waals surface area contributed by atoms with E-state index in [9.17, 15) is 9.90 Å². The quantitative estimate of drug-likeness (QED) is 0.858. The molecule has 2 aliphatic rings. The molecule has 1 atom stereocenters. The van der Waals surface area contributed by atoms with Gasteiger partial charge in [-0.1, -0.05) is 12.1 Å². The number of nitrogens with one attached hydrogen (secondary N) is 1. The number of thioether (sulfide) groups is 1. The smallest absolute Gasteiger partial charge is 0.251 e. The fourth-order valence-corrected chi connectivity index (χ4v) is 4.54. The minimum absolute atomic E-state index is 0.0535. The van der Waals surface area contributed by atoms with Crippen LogP contribution in [-0.4, -0.2) is 53.2 Å². The number of aliphatic hydroxyl groups is 1. The third-order valence-corrected chi connectivity index (χ3v) is 6.30. The average Bonchev–Trinajstić information content (AvgIpc) is 2.64. The molecule has 0 radical (unpaired) electrons. The van der Waals surface area contributed by atoms with Crippen LogP contribution in [0, 0.1) is 5.92 Å². The number of piperidine rings is 1. The molecule has 2 fully saturated rings. The van der Waals surface area contributed by atoms with Crippen molar-refractivity contribution in [1.82, 2.24) is 10.2 Å². The fourth-order valence-electron chi connectivity index (χ4n) is 3.47. The van der Waals surface area contributed by atoms with Crippen molar-refractivity contribution in [3.8, 4) is 0 Å². The molecule has 0 aromatic heterocycles. The maximum absolute atomic E-state index is 12.3. The van der Waals surface area contributed by atoms with Gasteiger partial charge in [0.15, 0.2) is 0 Å². The van der Waals surface area contributed by atoms with E-state index in [1.807, 2.05) is 23.9 Å². The zero-order valence-electron chi connectivity index (χ0n) is 14.2. The van der Waals surface area contributed by atoms with Crippen molar-refractivity contribution < 1.29 is 9.90 Å². The van der Waals surface area contributed by atoms with E-state index in [-0.39, 0.29) is 5.91 Å². The highest BCUT2D eigenvalue weighted by atomic mass is 32.2. The summed E-state index contributed by atoms with van der Waals surface area (Å²) in [6.07, 6.45) is 4.45. The van der Waals surface area contributed by atoms with Gasteiger partial charge < -0.3 is 10.4 Å². The Hall–Kier alpha value is -1.04. The molecule has 2 heterocycles. The van der Waals surface area contributed by atoms with Gasteiger partial charge in [-0.25, -0.2) is 0 Å². The van der Waals surface area contributed by atoms with Crippen LogP contribution in [0.1, 0.15) is 41.6 Å². The van der Waals surface area contributed by atoms with Gasteiger partial charge in [0.05, 0.1) is 0 Å². The summed E-state index contributed by atoms with van der Waals surface area (Å²) in [4.78, 5) is 14.8. The van der Waals surface area contributed by atoms with E-state index in [4.69, 9.17) is 0 Å². The van der Waals surface area contributed by atoms with Crippen molar-refractivity contribution in [1.29, 1.82) is 0 Å². The average molecular weight is 349 g/mol. The van der Waals surface area contributed by atoms with Crippen LogP contribution in [0.5, 0.6) is 0 Å². The number of benzene rings is 1. The van der Waals surface area contributed by atoms with E-state index in [0.717, 1.165) is 50.2 Å². The third kappa shape index (κ3) is 4.98. The number of nitrogens with zero attached hydrogens (tertiary/aromatic N) is 1. The van der Waals surface area contributed by atoms with Crippen LogP contribution in [-0.2, 0) is 6.54 Å². The summed E-state index contributed by atoms with van der Waals surface area (Å²) in [6, 6.07) is 8.36. The Morgan fingerprint density at radius 1 is 1.21 bits per heavy atom. The summed E-state index contributed by atoms with van der Waals surface area (Å²) in [5.41, 5.74) is 2.01. The summed E-state index contributed by atoms with van der Waals surface area (Å²) in [6.45, 7) is 3.34. The standard InChI is InChI=1S/C19H28N2O2S/c22-13-16-7-9-21(10-8-16)12-15-3-5-17(6-4-15)19(23)20-18-2-1-11-24-14-18/h3-6,16,18,22H,1-2,7-14H2,(H,20,23)/t18-/m0/s1. The Morgan fingerprint density at radius 3 is 2.58 bits per heavy atom. The number of aliphatic hydroxyl groups excluding tert-OH is 1. The lowest BCUT2D eigenvalue weighted by atomic mass is 9.97. The number of carbonyl (C=O) groups is 1. The molecule has 0 saturated carbocycles. The monoisotopic (exact) mass is 348 g/mol. The summed E-state index contributed by atoms with van der Waals surface area (Å²) < 4.78 is 0. The van der Waals surface area contributed by atoms with Crippen molar-refractivity contribution in [2.75, 3.05) is 31.2 Å². The molecule has 2 saturated heterocycles. The number of likely N-dealkylation sites (tertiary alicyclic amines) is 1. The second kappa shape index (κ2) is 8.88. The topological polar surface area (TPSA) is 52.6 Å². The van der Waals surface area contributed by atoms with Gasteiger partial charge in [0.25, 0.3) is 5.91 Å². The number of rotatable bonds is 5. The van der Waals surface area contributed by atoms with Crippen molar-refractivity contribution >= 4 is 17.7 Å². The fraction of sp³-hybridized carbons (Fsp3) is 0.632. The summed E-state index contributed by atoms with van der Waals surface area (Å²) in [5.74, 6) is 2.78. The summed E-state index contributed by atoms with van der Waals surface area (Å²) in [7, 11) is 0. The van der Waals surface area contributed by atoms with Gasteiger partial charge in [0.1, 0.15) is 0 Å². The number of amides is 1. The minimum atomic E-state index is 0.0535. The van der Waals surface area contributed by atoms with Crippen LogP contribution >= 0.6 is 11.8 Å². The molecule has 0 aliphatic carbocycles. The van der Waals surface area contributed by atoms with Crippen LogP contribution in [0.25, 0.3) is 0 Å². The molecule has 5 heteroatoms. The number of hydrogen-bond acceptors (Lipinski definition) is 4. The van der Waals surface area contributed by atoms with E-state index in [1.54, 1.807) is 0 Å².